The third kappa shape index (κ3) is 2.23. The monoisotopic (exact) mass is 200 g/mol. The molecule has 0 spiro atoms. The summed E-state index contributed by atoms with van der Waals surface area (Å²) >= 11 is 0. The largest absolute Gasteiger partial charge is 0.480 e. The van der Waals surface area contributed by atoms with E-state index in [4.69, 9.17) is 10.8 Å². The smallest absolute Gasteiger partial charge is 0.320 e. The number of carbonyl (C=O) groups is 2. The maximum absolute atomic E-state index is 11.1. The molecule has 0 aromatic heterocycles. The van der Waals surface area contributed by atoms with Gasteiger partial charge in [0.1, 0.15) is 6.04 Å². The molecule has 0 aromatic rings. The Morgan fingerprint density at radius 1 is 1.50 bits per heavy atom. The highest BCUT2D eigenvalue weighted by molar-refractivity contribution is 5.81. The Balaban J connectivity index is 2.72. The highest BCUT2D eigenvalue weighted by Crippen LogP contribution is 2.19. The Kier molecular flexibility index (Phi) is 3.46. The van der Waals surface area contributed by atoms with Gasteiger partial charge < -0.3 is 10.8 Å². The molecule has 0 bridgehead atoms. The second kappa shape index (κ2) is 4.41. The van der Waals surface area contributed by atoms with E-state index in [1.807, 2.05) is 0 Å². The molecular weight excluding hydrogens is 184 g/mol. The van der Waals surface area contributed by atoms with E-state index in [-0.39, 0.29) is 0 Å². The number of nitrogens with two attached hydrogens (primary N) is 1. The van der Waals surface area contributed by atoms with Gasteiger partial charge in [0.25, 0.3) is 0 Å². The summed E-state index contributed by atoms with van der Waals surface area (Å²) in [6, 6.07) is -1.04. The van der Waals surface area contributed by atoms with Crippen LogP contribution >= 0.6 is 0 Å². The lowest BCUT2D eigenvalue weighted by Gasteiger charge is -2.36. The summed E-state index contributed by atoms with van der Waals surface area (Å²) in [4.78, 5) is 23.5. The van der Waals surface area contributed by atoms with E-state index in [0.717, 1.165) is 12.8 Å². The Morgan fingerprint density at radius 2 is 2.14 bits per heavy atom. The van der Waals surface area contributed by atoms with Crippen molar-refractivity contribution in [1.29, 1.82) is 0 Å². The molecule has 2 unspecified atom stereocenters. The number of aliphatic carboxylic acids is 1. The van der Waals surface area contributed by atoms with E-state index in [1.54, 1.807) is 11.8 Å². The highest BCUT2D eigenvalue weighted by atomic mass is 16.4. The van der Waals surface area contributed by atoms with Gasteiger partial charge in [-0.1, -0.05) is 6.42 Å². The first-order valence-electron chi connectivity index (χ1n) is 4.82. The number of nitrogens with zero attached hydrogens (tertiary/aromatic N) is 1. The van der Waals surface area contributed by atoms with Crippen molar-refractivity contribution < 1.29 is 14.7 Å². The third-order valence-electron chi connectivity index (χ3n) is 2.73. The van der Waals surface area contributed by atoms with E-state index in [9.17, 15) is 9.59 Å². The SMILES string of the molecule is CC(C(=O)O)N1CCCCC1C(N)=O. The molecule has 0 saturated carbocycles. The van der Waals surface area contributed by atoms with Gasteiger partial charge in [-0.3, -0.25) is 14.5 Å². The number of carbonyl (C=O) groups excluding carboxylic acids is 1. The molecule has 3 N–H and O–H groups in total. The summed E-state index contributed by atoms with van der Waals surface area (Å²) in [5.74, 6) is -1.32. The van der Waals surface area contributed by atoms with Crippen LogP contribution in [0.15, 0.2) is 0 Å². The number of carboxylic acid groups (broad SMARTS) is 1. The minimum absolute atomic E-state index is 0.408. The quantitative estimate of drug-likeness (QED) is 0.660. The van der Waals surface area contributed by atoms with Gasteiger partial charge in [-0.15, -0.1) is 0 Å². The molecule has 1 fully saturated rings. The van der Waals surface area contributed by atoms with Gasteiger partial charge in [0, 0.05) is 0 Å². The van der Waals surface area contributed by atoms with Crippen LogP contribution in [0.2, 0.25) is 0 Å². The molecule has 1 heterocycles. The fraction of sp³-hybridized carbons (Fsp3) is 0.778. The number of primary amides is 1. The maximum Gasteiger partial charge on any atom is 0.320 e. The van der Waals surface area contributed by atoms with Gasteiger partial charge >= 0.3 is 5.97 Å². The molecule has 1 aliphatic heterocycles. The zero-order valence-corrected chi connectivity index (χ0v) is 8.27. The lowest BCUT2D eigenvalue weighted by molar-refractivity contribution is -0.145. The van der Waals surface area contributed by atoms with Crippen LogP contribution in [-0.4, -0.2) is 40.5 Å². The second-order valence-electron chi connectivity index (χ2n) is 3.67. The van der Waals surface area contributed by atoms with E-state index in [1.165, 1.54) is 0 Å². The molecule has 14 heavy (non-hydrogen) atoms. The topological polar surface area (TPSA) is 83.6 Å². The van der Waals surface area contributed by atoms with Crippen LogP contribution in [0.1, 0.15) is 26.2 Å². The van der Waals surface area contributed by atoms with Crippen molar-refractivity contribution in [3.8, 4) is 0 Å². The standard InChI is InChI=1S/C9H16N2O3/c1-6(9(13)14)11-5-3-2-4-7(11)8(10)12/h6-7H,2-5H2,1H3,(H2,10,12)(H,13,14). The van der Waals surface area contributed by atoms with Crippen LogP contribution in [0.25, 0.3) is 0 Å². The normalized spacial score (nSPS) is 25.6. The summed E-state index contributed by atoms with van der Waals surface area (Å²) in [7, 11) is 0. The van der Waals surface area contributed by atoms with Crippen LogP contribution in [0.3, 0.4) is 0 Å². The van der Waals surface area contributed by atoms with Gasteiger partial charge in [0.05, 0.1) is 6.04 Å². The first-order valence-corrected chi connectivity index (χ1v) is 4.82. The maximum atomic E-state index is 11.1. The molecule has 80 valence electrons. The van der Waals surface area contributed by atoms with Gasteiger partial charge in [-0.2, -0.15) is 0 Å². The first-order chi connectivity index (χ1) is 6.54. The number of likely N-dealkylation sites (tertiary alicyclic amines) is 1. The zero-order valence-electron chi connectivity index (χ0n) is 8.27. The van der Waals surface area contributed by atoms with Crippen molar-refractivity contribution in [3.05, 3.63) is 0 Å². The summed E-state index contributed by atoms with van der Waals surface area (Å²) < 4.78 is 0. The van der Waals surface area contributed by atoms with Gasteiger partial charge in [0.15, 0.2) is 0 Å². The van der Waals surface area contributed by atoms with E-state index < -0.39 is 24.0 Å². The fourth-order valence-corrected chi connectivity index (χ4v) is 1.86. The Bertz CT molecular complexity index is 242. The predicted molar refractivity (Wildman–Crippen MR) is 50.6 cm³/mol. The number of amides is 1. The zero-order chi connectivity index (χ0) is 10.7. The van der Waals surface area contributed by atoms with Crippen molar-refractivity contribution >= 4 is 11.9 Å². The Labute approximate surface area is 82.9 Å². The van der Waals surface area contributed by atoms with Crippen molar-refractivity contribution in [2.45, 2.75) is 38.3 Å². The summed E-state index contributed by atoms with van der Waals surface area (Å²) in [6.07, 6.45) is 2.55. The number of hydrogen-bond acceptors (Lipinski definition) is 3. The molecule has 1 rings (SSSR count). The molecule has 2 atom stereocenters. The highest BCUT2D eigenvalue weighted by Gasteiger charge is 2.33. The van der Waals surface area contributed by atoms with Crippen LogP contribution in [0.4, 0.5) is 0 Å². The van der Waals surface area contributed by atoms with Crippen molar-refractivity contribution in [1.82, 2.24) is 4.90 Å². The van der Waals surface area contributed by atoms with Crippen LogP contribution in [0.5, 0.6) is 0 Å². The minimum atomic E-state index is -0.904. The molecule has 1 saturated heterocycles. The van der Waals surface area contributed by atoms with E-state index >= 15 is 0 Å². The molecule has 0 radical (unpaired) electrons. The number of hydrogen-bond donors (Lipinski definition) is 2. The predicted octanol–water partition coefficient (Wildman–Crippen LogP) is -0.201. The Hall–Kier alpha value is -1.10. The summed E-state index contributed by atoms with van der Waals surface area (Å²) in [6.45, 7) is 2.23. The van der Waals surface area contributed by atoms with Crippen molar-refractivity contribution in [3.63, 3.8) is 0 Å². The van der Waals surface area contributed by atoms with Crippen LogP contribution in [0, 0.1) is 0 Å². The Morgan fingerprint density at radius 3 is 2.64 bits per heavy atom. The lowest BCUT2D eigenvalue weighted by atomic mass is 9.99. The molecule has 1 amide bonds. The van der Waals surface area contributed by atoms with Crippen LogP contribution < -0.4 is 5.73 Å². The lowest BCUT2D eigenvalue weighted by Crippen LogP contribution is -2.53. The van der Waals surface area contributed by atoms with E-state index in [0.29, 0.717) is 13.0 Å². The van der Waals surface area contributed by atoms with E-state index in [2.05, 4.69) is 0 Å². The minimum Gasteiger partial charge on any atom is -0.480 e. The van der Waals surface area contributed by atoms with Gasteiger partial charge in [0.2, 0.25) is 5.91 Å². The van der Waals surface area contributed by atoms with Crippen LogP contribution in [-0.2, 0) is 9.59 Å². The number of carboxylic acids is 1. The average Bonchev–Trinajstić information content (AvgIpc) is 2.16. The average molecular weight is 200 g/mol. The van der Waals surface area contributed by atoms with Crippen molar-refractivity contribution in [2.75, 3.05) is 6.54 Å². The fourth-order valence-electron chi connectivity index (χ4n) is 1.86. The molecule has 0 aromatic carbocycles. The third-order valence-corrected chi connectivity index (χ3v) is 2.73. The van der Waals surface area contributed by atoms with Gasteiger partial charge in [-0.05, 0) is 26.3 Å². The number of piperidine rings is 1. The summed E-state index contributed by atoms with van der Waals surface area (Å²) in [5.41, 5.74) is 5.22. The molecule has 0 aliphatic carbocycles. The molecule has 5 heteroatoms. The summed E-state index contributed by atoms with van der Waals surface area (Å²) in [5, 5.41) is 8.84. The van der Waals surface area contributed by atoms with Gasteiger partial charge in [-0.25, -0.2) is 0 Å². The first kappa shape index (κ1) is 11.0. The van der Waals surface area contributed by atoms with Crippen molar-refractivity contribution in [2.24, 2.45) is 5.73 Å². The second-order valence-corrected chi connectivity index (χ2v) is 3.67. The number of rotatable bonds is 3. The molecule has 1 aliphatic rings. The molecular formula is C9H16N2O3. The molecule has 5 nitrogen and oxygen atoms in total.